The lowest BCUT2D eigenvalue weighted by atomic mass is 10.1. The van der Waals surface area contributed by atoms with E-state index >= 15 is 0 Å². The Labute approximate surface area is 199 Å². The van der Waals surface area contributed by atoms with E-state index in [1.165, 1.54) is 12.4 Å². The fourth-order valence-electron chi connectivity index (χ4n) is 3.05. The Morgan fingerprint density at radius 3 is 1.53 bits per heavy atom. The Bertz CT molecular complexity index is 1100. The number of rotatable bonds is 10. The van der Waals surface area contributed by atoms with Crippen LogP contribution in [0.4, 0.5) is 11.4 Å². The molecule has 0 aliphatic heterocycles. The summed E-state index contributed by atoms with van der Waals surface area (Å²) in [6, 6.07) is 22.9. The molecule has 0 heterocycles. The van der Waals surface area contributed by atoms with Crippen molar-refractivity contribution in [2.45, 2.75) is 13.8 Å². The molecule has 0 aliphatic rings. The summed E-state index contributed by atoms with van der Waals surface area (Å²) in [4.78, 5) is 24.1. The minimum atomic E-state index is -0.266. The van der Waals surface area contributed by atoms with Crippen LogP contribution in [0.1, 0.15) is 22.3 Å². The summed E-state index contributed by atoms with van der Waals surface area (Å²) in [6.07, 6.45) is 3.07. The van der Waals surface area contributed by atoms with Crippen LogP contribution in [0.3, 0.4) is 0 Å². The third-order valence-corrected chi connectivity index (χ3v) is 4.72. The van der Waals surface area contributed by atoms with E-state index < -0.39 is 0 Å². The Kier molecular flexibility index (Phi) is 8.92. The largest absolute Gasteiger partial charge is 0.376 e. The molecule has 3 aromatic carbocycles. The molecule has 0 saturated carbocycles. The molecule has 0 radical (unpaired) electrons. The lowest BCUT2D eigenvalue weighted by molar-refractivity contribution is -0.120. The number of hydrogen-bond donors (Lipinski definition) is 4. The van der Waals surface area contributed by atoms with Gasteiger partial charge in [-0.1, -0.05) is 48.5 Å². The van der Waals surface area contributed by atoms with Gasteiger partial charge in [0.25, 0.3) is 11.8 Å². The van der Waals surface area contributed by atoms with Gasteiger partial charge in [0.1, 0.15) is 0 Å². The summed E-state index contributed by atoms with van der Waals surface area (Å²) < 4.78 is 0. The highest BCUT2D eigenvalue weighted by atomic mass is 16.2. The molecule has 34 heavy (non-hydrogen) atoms. The first-order valence-corrected chi connectivity index (χ1v) is 10.8. The standard InChI is InChI=1S/C26H28N6O2/c1-19-7-5-11-23(13-19)27-17-25(33)31-29-15-21-9-3-4-10-22(21)16-30-32-26(34)18-28-24-12-6-8-20(2)14-24/h3-16,27-28H,17-18H2,1-2H3,(H,31,33)(H,32,34)/b29-15-,30-16-. The number of hydrogen-bond acceptors (Lipinski definition) is 6. The van der Waals surface area contributed by atoms with Gasteiger partial charge < -0.3 is 10.6 Å². The first kappa shape index (κ1) is 24.2. The second kappa shape index (κ2) is 12.5. The van der Waals surface area contributed by atoms with Crippen molar-refractivity contribution >= 4 is 35.6 Å². The van der Waals surface area contributed by atoms with Gasteiger partial charge >= 0.3 is 0 Å². The van der Waals surface area contributed by atoms with Gasteiger partial charge in [-0.15, -0.1) is 0 Å². The smallest absolute Gasteiger partial charge is 0.259 e. The highest BCUT2D eigenvalue weighted by molar-refractivity contribution is 5.95. The molecule has 8 heteroatoms. The van der Waals surface area contributed by atoms with Crippen LogP contribution in [0.5, 0.6) is 0 Å². The van der Waals surface area contributed by atoms with Crippen molar-refractivity contribution < 1.29 is 9.59 Å². The van der Waals surface area contributed by atoms with Gasteiger partial charge in [-0.25, -0.2) is 10.9 Å². The Morgan fingerprint density at radius 1 is 0.676 bits per heavy atom. The monoisotopic (exact) mass is 456 g/mol. The quantitative estimate of drug-likeness (QED) is 0.277. The first-order chi connectivity index (χ1) is 16.5. The predicted octanol–water partition coefficient (Wildman–Crippen LogP) is 3.43. The molecule has 2 amide bonds. The maximum absolute atomic E-state index is 12.0. The van der Waals surface area contributed by atoms with E-state index in [4.69, 9.17) is 0 Å². The van der Waals surface area contributed by atoms with Crippen molar-refractivity contribution in [1.82, 2.24) is 10.9 Å². The number of nitrogens with one attached hydrogen (secondary N) is 4. The number of carbonyl (C=O) groups is 2. The summed E-state index contributed by atoms with van der Waals surface area (Å²) >= 11 is 0. The molecule has 174 valence electrons. The van der Waals surface area contributed by atoms with Crippen molar-refractivity contribution in [3.05, 3.63) is 95.1 Å². The number of anilines is 2. The second-order valence-electron chi connectivity index (χ2n) is 7.66. The summed E-state index contributed by atoms with van der Waals surface area (Å²) in [6.45, 7) is 4.19. The molecule has 8 nitrogen and oxygen atoms in total. The van der Waals surface area contributed by atoms with Gasteiger partial charge in [0.15, 0.2) is 0 Å². The zero-order valence-electron chi connectivity index (χ0n) is 19.2. The third-order valence-electron chi connectivity index (χ3n) is 4.72. The van der Waals surface area contributed by atoms with Crippen LogP contribution in [-0.4, -0.2) is 37.3 Å². The summed E-state index contributed by atoms with van der Waals surface area (Å²) in [5.41, 5.74) is 10.4. The number of amides is 2. The number of nitrogens with zero attached hydrogens (tertiary/aromatic N) is 2. The predicted molar refractivity (Wildman–Crippen MR) is 137 cm³/mol. The highest BCUT2D eigenvalue weighted by Gasteiger charge is 2.02. The maximum atomic E-state index is 12.0. The van der Waals surface area contributed by atoms with E-state index in [-0.39, 0.29) is 24.9 Å². The fourth-order valence-corrected chi connectivity index (χ4v) is 3.05. The van der Waals surface area contributed by atoms with Gasteiger partial charge in [-0.05, 0) is 49.2 Å². The molecule has 0 atom stereocenters. The van der Waals surface area contributed by atoms with Crippen LogP contribution in [-0.2, 0) is 9.59 Å². The lowest BCUT2D eigenvalue weighted by Crippen LogP contribution is -2.26. The molecular weight excluding hydrogens is 428 g/mol. The molecule has 0 bridgehead atoms. The molecular formula is C26H28N6O2. The van der Waals surface area contributed by atoms with Gasteiger partial charge in [0, 0.05) is 22.5 Å². The number of hydrazone groups is 2. The Balaban J connectivity index is 1.46. The SMILES string of the molecule is Cc1cccc(NCC(=O)N/N=C\c2ccccc2/C=N\NC(=O)CNc2cccc(C)c2)c1. The van der Waals surface area contributed by atoms with E-state index in [1.54, 1.807) is 0 Å². The first-order valence-electron chi connectivity index (χ1n) is 10.8. The third kappa shape index (κ3) is 8.23. The van der Waals surface area contributed by atoms with E-state index in [1.807, 2.05) is 86.6 Å². The zero-order valence-corrected chi connectivity index (χ0v) is 19.2. The van der Waals surface area contributed by atoms with Crippen LogP contribution < -0.4 is 21.5 Å². The number of benzene rings is 3. The van der Waals surface area contributed by atoms with E-state index in [2.05, 4.69) is 31.7 Å². The van der Waals surface area contributed by atoms with Crippen LogP contribution in [0, 0.1) is 13.8 Å². The molecule has 4 N–H and O–H groups in total. The molecule has 0 aliphatic carbocycles. The van der Waals surface area contributed by atoms with Crippen LogP contribution in [0.15, 0.2) is 83.0 Å². The van der Waals surface area contributed by atoms with E-state index in [0.29, 0.717) is 0 Å². The number of aryl methyl sites for hydroxylation is 2. The van der Waals surface area contributed by atoms with Gasteiger partial charge in [0.05, 0.1) is 25.5 Å². The van der Waals surface area contributed by atoms with Gasteiger partial charge in [-0.2, -0.15) is 10.2 Å². The molecule has 3 rings (SSSR count). The van der Waals surface area contributed by atoms with E-state index in [9.17, 15) is 9.59 Å². The Hall–Kier alpha value is -4.46. The van der Waals surface area contributed by atoms with Crippen molar-refractivity contribution in [2.24, 2.45) is 10.2 Å². The van der Waals surface area contributed by atoms with Crippen molar-refractivity contribution in [3.63, 3.8) is 0 Å². The fraction of sp³-hybridized carbons (Fsp3) is 0.154. The zero-order chi connectivity index (χ0) is 24.2. The average molecular weight is 457 g/mol. The molecule has 0 aromatic heterocycles. The lowest BCUT2D eigenvalue weighted by Gasteiger charge is -2.06. The summed E-state index contributed by atoms with van der Waals surface area (Å²) in [5.74, 6) is -0.533. The number of carbonyl (C=O) groups excluding carboxylic acids is 2. The summed E-state index contributed by atoms with van der Waals surface area (Å²) in [5, 5.41) is 14.2. The Morgan fingerprint density at radius 2 is 1.12 bits per heavy atom. The molecule has 0 spiro atoms. The molecule has 0 fully saturated rings. The maximum Gasteiger partial charge on any atom is 0.259 e. The van der Waals surface area contributed by atoms with Gasteiger partial charge in [0.2, 0.25) is 0 Å². The van der Waals surface area contributed by atoms with E-state index in [0.717, 1.165) is 33.6 Å². The topological polar surface area (TPSA) is 107 Å². The summed E-state index contributed by atoms with van der Waals surface area (Å²) in [7, 11) is 0. The second-order valence-corrected chi connectivity index (χ2v) is 7.66. The van der Waals surface area contributed by atoms with Crippen LogP contribution >= 0.6 is 0 Å². The van der Waals surface area contributed by atoms with Crippen molar-refractivity contribution in [1.29, 1.82) is 0 Å². The van der Waals surface area contributed by atoms with Crippen LogP contribution in [0.2, 0.25) is 0 Å². The normalized spacial score (nSPS) is 10.9. The highest BCUT2D eigenvalue weighted by Crippen LogP contribution is 2.09. The van der Waals surface area contributed by atoms with Crippen molar-refractivity contribution in [2.75, 3.05) is 23.7 Å². The minimum Gasteiger partial charge on any atom is -0.376 e. The molecule has 0 unspecified atom stereocenters. The molecule has 0 saturated heterocycles. The minimum absolute atomic E-state index is 0.104. The average Bonchev–Trinajstić information content (AvgIpc) is 2.82. The van der Waals surface area contributed by atoms with Crippen LogP contribution in [0.25, 0.3) is 0 Å². The van der Waals surface area contributed by atoms with Crippen molar-refractivity contribution in [3.8, 4) is 0 Å². The molecule has 3 aromatic rings. The van der Waals surface area contributed by atoms with Gasteiger partial charge in [-0.3, -0.25) is 9.59 Å².